The van der Waals surface area contributed by atoms with Gasteiger partial charge < -0.3 is 9.88 Å². The van der Waals surface area contributed by atoms with Crippen LogP contribution in [0.15, 0.2) is 61.1 Å². The molecular formula is C20H16FN5O2S. The Bertz CT molecular complexity index is 1170. The summed E-state index contributed by atoms with van der Waals surface area (Å²) in [6, 6.07) is 11.1. The molecule has 0 bridgehead atoms. The second kappa shape index (κ2) is 8.21. The van der Waals surface area contributed by atoms with E-state index in [2.05, 4.69) is 15.3 Å². The van der Waals surface area contributed by atoms with Gasteiger partial charge in [-0.1, -0.05) is 12.1 Å². The first kappa shape index (κ1) is 18.8. The minimum atomic E-state index is -0.706. The number of nitrogens with zero attached hydrogens (tertiary/aromatic N) is 3. The molecule has 0 saturated carbocycles. The molecule has 0 saturated heterocycles. The van der Waals surface area contributed by atoms with Gasteiger partial charge in [-0.3, -0.25) is 10.0 Å². The zero-order valence-corrected chi connectivity index (χ0v) is 15.9. The van der Waals surface area contributed by atoms with Gasteiger partial charge >= 0.3 is 0 Å². The number of carbonyl (C=O) groups is 1. The first-order chi connectivity index (χ1) is 14.1. The van der Waals surface area contributed by atoms with Crippen molar-refractivity contribution in [1.82, 2.24) is 20.0 Å². The quantitative estimate of drug-likeness (QED) is 0.255. The van der Waals surface area contributed by atoms with Gasteiger partial charge in [0.25, 0.3) is 5.91 Å². The number of anilines is 2. The summed E-state index contributed by atoms with van der Waals surface area (Å²) in [4.78, 5) is 19.6. The Hall–Kier alpha value is -3.56. The molecule has 0 fully saturated rings. The van der Waals surface area contributed by atoms with E-state index in [1.165, 1.54) is 23.8 Å². The smallest absolute Gasteiger partial charge is 0.267 e. The highest BCUT2D eigenvalue weighted by Gasteiger charge is 2.08. The Kier molecular flexibility index (Phi) is 5.32. The number of aromatic nitrogens is 3. The van der Waals surface area contributed by atoms with Crippen LogP contribution in [0.5, 0.6) is 0 Å². The molecule has 0 unspecified atom stereocenters. The third-order valence-corrected chi connectivity index (χ3v) is 5.09. The number of carbonyl (C=O) groups excluding carboxylic acids is 1. The predicted octanol–water partition coefficient (Wildman–Crippen LogP) is 3.94. The predicted molar refractivity (Wildman–Crippen MR) is 110 cm³/mol. The molecule has 7 nitrogen and oxygen atoms in total. The van der Waals surface area contributed by atoms with E-state index in [1.54, 1.807) is 11.3 Å². The summed E-state index contributed by atoms with van der Waals surface area (Å²) in [6.45, 7) is 0.619. The number of rotatable bonds is 6. The largest absolute Gasteiger partial charge is 0.345 e. The summed E-state index contributed by atoms with van der Waals surface area (Å²) in [6.07, 6.45) is 7.58. The third kappa shape index (κ3) is 4.48. The van der Waals surface area contributed by atoms with Gasteiger partial charge in [0, 0.05) is 24.7 Å². The van der Waals surface area contributed by atoms with Gasteiger partial charge in [-0.05, 0) is 35.9 Å². The molecule has 0 atom stereocenters. The monoisotopic (exact) mass is 409 g/mol. The highest BCUT2D eigenvalue weighted by Crippen LogP contribution is 2.24. The van der Waals surface area contributed by atoms with E-state index >= 15 is 0 Å². The Morgan fingerprint density at radius 3 is 2.97 bits per heavy atom. The number of nitrogens with one attached hydrogen (secondary N) is 2. The van der Waals surface area contributed by atoms with Crippen molar-refractivity contribution in [2.45, 2.75) is 6.54 Å². The molecule has 4 rings (SSSR count). The van der Waals surface area contributed by atoms with E-state index in [0.29, 0.717) is 17.8 Å². The Morgan fingerprint density at radius 1 is 1.31 bits per heavy atom. The molecule has 29 heavy (non-hydrogen) atoms. The summed E-state index contributed by atoms with van der Waals surface area (Å²) < 4.78 is 17.4. The van der Waals surface area contributed by atoms with Crippen molar-refractivity contribution < 1.29 is 14.4 Å². The first-order valence-electron chi connectivity index (χ1n) is 8.65. The minimum Gasteiger partial charge on any atom is -0.345 e. The van der Waals surface area contributed by atoms with Crippen LogP contribution in [0.2, 0.25) is 0 Å². The van der Waals surface area contributed by atoms with Crippen molar-refractivity contribution in [1.29, 1.82) is 0 Å². The standard InChI is InChI=1S/C20H16FN5O2S/c21-15-9-13(5-6-18(27)25-28)10-22-20(15)23-14-7-8-26(11-14)12-19-24-16-3-1-2-4-17(16)29-19/h1-11,28H,12H2,(H,22,23)(H,25,27). The molecule has 9 heteroatoms. The van der Waals surface area contributed by atoms with Gasteiger partial charge in [0.1, 0.15) is 5.01 Å². The molecule has 0 spiro atoms. The molecule has 3 heterocycles. The molecule has 0 aliphatic heterocycles. The molecule has 0 radical (unpaired) electrons. The lowest BCUT2D eigenvalue weighted by Crippen LogP contribution is -2.14. The number of fused-ring (bicyclic) bond motifs is 1. The molecule has 146 valence electrons. The van der Waals surface area contributed by atoms with Crippen LogP contribution in [0.3, 0.4) is 0 Å². The van der Waals surface area contributed by atoms with Crippen LogP contribution in [0.25, 0.3) is 16.3 Å². The normalized spacial score (nSPS) is 11.2. The van der Waals surface area contributed by atoms with Crippen molar-refractivity contribution in [3.63, 3.8) is 0 Å². The van der Waals surface area contributed by atoms with Crippen molar-refractivity contribution >= 4 is 45.0 Å². The fraction of sp³-hybridized carbons (Fsp3) is 0.0500. The van der Waals surface area contributed by atoms with Gasteiger partial charge in [-0.15, -0.1) is 11.3 Å². The van der Waals surface area contributed by atoms with Crippen molar-refractivity contribution in [2.75, 3.05) is 5.32 Å². The van der Waals surface area contributed by atoms with E-state index in [0.717, 1.165) is 21.3 Å². The number of pyridine rings is 1. The zero-order valence-electron chi connectivity index (χ0n) is 15.0. The maximum Gasteiger partial charge on any atom is 0.267 e. The van der Waals surface area contributed by atoms with Gasteiger partial charge in [0.2, 0.25) is 0 Å². The van der Waals surface area contributed by atoms with Crippen molar-refractivity contribution in [3.8, 4) is 0 Å². The molecule has 0 aliphatic carbocycles. The lowest BCUT2D eigenvalue weighted by Gasteiger charge is -2.05. The van der Waals surface area contributed by atoms with E-state index in [-0.39, 0.29) is 5.82 Å². The topological polar surface area (TPSA) is 92.1 Å². The fourth-order valence-electron chi connectivity index (χ4n) is 2.74. The lowest BCUT2D eigenvalue weighted by atomic mass is 10.2. The van der Waals surface area contributed by atoms with Crippen LogP contribution in [0, 0.1) is 5.82 Å². The molecule has 3 aromatic heterocycles. The molecule has 1 aromatic carbocycles. The van der Waals surface area contributed by atoms with Gasteiger partial charge in [-0.25, -0.2) is 19.8 Å². The molecule has 1 amide bonds. The number of hydrogen-bond donors (Lipinski definition) is 3. The van der Waals surface area contributed by atoms with Gasteiger partial charge in [0.05, 0.1) is 22.4 Å². The number of halogens is 1. The molecule has 3 N–H and O–H groups in total. The number of hydrogen-bond acceptors (Lipinski definition) is 6. The zero-order chi connectivity index (χ0) is 20.2. The number of amides is 1. The molecule has 0 aliphatic rings. The van der Waals surface area contributed by atoms with E-state index in [9.17, 15) is 9.18 Å². The average molecular weight is 409 g/mol. The fourth-order valence-corrected chi connectivity index (χ4v) is 3.71. The SMILES string of the molecule is O=C(C=Cc1cnc(Nc2ccn(Cc3nc4ccccc4s3)c2)c(F)c1)NO. The van der Waals surface area contributed by atoms with Crippen LogP contribution >= 0.6 is 11.3 Å². The molecule has 4 aromatic rings. The summed E-state index contributed by atoms with van der Waals surface area (Å²) in [5, 5.41) is 12.4. The summed E-state index contributed by atoms with van der Waals surface area (Å²) in [5.74, 6) is -1.19. The summed E-state index contributed by atoms with van der Waals surface area (Å²) in [7, 11) is 0. The van der Waals surface area contributed by atoms with Crippen LogP contribution in [-0.2, 0) is 11.3 Å². The Balaban J connectivity index is 1.44. The second-order valence-electron chi connectivity index (χ2n) is 6.18. The van der Waals surface area contributed by atoms with E-state index in [1.807, 2.05) is 47.3 Å². The van der Waals surface area contributed by atoms with Gasteiger partial charge in [0.15, 0.2) is 11.6 Å². The average Bonchev–Trinajstić information content (AvgIpc) is 3.34. The van der Waals surface area contributed by atoms with Crippen molar-refractivity contribution in [3.05, 3.63) is 77.5 Å². The lowest BCUT2D eigenvalue weighted by molar-refractivity contribution is -0.124. The Labute approximate surface area is 169 Å². The highest BCUT2D eigenvalue weighted by molar-refractivity contribution is 7.18. The Morgan fingerprint density at radius 2 is 2.17 bits per heavy atom. The second-order valence-corrected chi connectivity index (χ2v) is 7.30. The number of hydroxylamine groups is 1. The number of benzene rings is 1. The van der Waals surface area contributed by atoms with Crippen molar-refractivity contribution in [2.24, 2.45) is 0 Å². The van der Waals surface area contributed by atoms with E-state index < -0.39 is 11.7 Å². The molecular weight excluding hydrogens is 393 g/mol. The maximum absolute atomic E-state index is 14.3. The van der Waals surface area contributed by atoms with Crippen LogP contribution in [0.1, 0.15) is 10.6 Å². The first-order valence-corrected chi connectivity index (χ1v) is 9.47. The minimum absolute atomic E-state index is 0.0755. The van der Waals surface area contributed by atoms with Gasteiger partial charge in [-0.2, -0.15) is 0 Å². The highest BCUT2D eigenvalue weighted by atomic mass is 32.1. The number of thiazole rings is 1. The van der Waals surface area contributed by atoms with Crippen LogP contribution < -0.4 is 10.8 Å². The number of para-hydroxylation sites is 1. The maximum atomic E-state index is 14.3. The van der Waals surface area contributed by atoms with Crippen LogP contribution in [0.4, 0.5) is 15.9 Å². The summed E-state index contributed by atoms with van der Waals surface area (Å²) in [5.41, 5.74) is 3.53. The van der Waals surface area contributed by atoms with E-state index in [4.69, 9.17) is 5.21 Å². The van der Waals surface area contributed by atoms with Crippen LogP contribution in [-0.4, -0.2) is 25.6 Å². The third-order valence-electron chi connectivity index (χ3n) is 4.07. The summed E-state index contributed by atoms with van der Waals surface area (Å²) >= 11 is 1.64.